The van der Waals surface area contributed by atoms with E-state index in [1.807, 2.05) is 24.9 Å². The molecule has 0 radical (unpaired) electrons. The van der Waals surface area contributed by atoms with Crippen molar-refractivity contribution in [3.63, 3.8) is 0 Å². The number of aromatic amines is 2. The molecule has 4 heterocycles. The standard InChI is InChI=1S/C31H30ClN4O7P/c1-14-7-34-26-20(43-44(40,41)42)3-18-23(22(14)26)16(6-32)9-35(18)27(38)29-11-30(12-29,13-29)28(39)36-10-17-5-31(17)21(36)4-19(37)25-24(31)15(2)8-33-25/h3-4,7-8,16-17,33-34H,5-6,9-13H2,1-2H3,(H2,40,41,42). The first kappa shape index (κ1) is 27.0. The van der Waals surface area contributed by atoms with Gasteiger partial charge in [-0.05, 0) is 67.7 Å². The molecule has 4 N–H and O–H groups in total. The van der Waals surface area contributed by atoms with Gasteiger partial charge in [0.2, 0.25) is 17.6 Å². The second-order valence-electron chi connectivity index (χ2n) is 13.9. The van der Waals surface area contributed by atoms with Crippen molar-refractivity contribution >= 4 is 53.6 Å². The first-order valence-corrected chi connectivity index (χ1v) is 16.9. The van der Waals surface area contributed by atoms with Crippen molar-refractivity contribution in [2.45, 2.75) is 50.9 Å². The maximum Gasteiger partial charge on any atom is 0.524 e. The summed E-state index contributed by atoms with van der Waals surface area (Å²) in [5, 5.41) is 0.744. The van der Waals surface area contributed by atoms with Crippen LogP contribution in [0.5, 0.6) is 5.75 Å². The molecule has 3 aromatic rings. The van der Waals surface area contributed by atoms with Gasteiger partial charge in [-0.3, -0.25) is 24.2 Å². The summed E-state index contributed by atoms with van der Waals surface area (Å²) in [5.41, 5.74) is 4.69. The fourth-order valence-corrected chi connectivity index (χ4v) is 10.2. The molecule has 1 saturated heterocycles. The molecule has 1 aromatic carbocycles. The molecule has 44 heavy (non-hydrogen) atoms. The molecule has 11 nitrogen and oxygen atoms in total. The molecular weight excluding hydrogens is 607 g/mol. The summed E-state index contributed by atoms with van der Waals surface area (Å²) in [4.78, 5) is 70.2. The van der Waals surface area contributed by atoms with Gasteiger partial charge in [0.25, 0.3) is 0 Å². The summed E-state index contributed by atoms with van der Waals surface area (Å²) in [6, 6.07) is 1.52. The first-order chi connectivity index (χ1) is 20.8. The second-order valence-corrected chi connectivity index (χ2v) is 15.3. The number of halogens is 1. The molecular formula is C31H30ClN4O7P. The number of aryl methyl sites for hydroxylation is 2. The average molecular weight is 637 g/mol. The molecule has 2 bridgehead atoms. The van der Waals surface area contributed by atoms with Crippen LogP contribution in [0.1, 0.15) is 64.3 Å². The molecule has 2 aliphatic heterocycles. The zero-order valence-corrected chi connectivity index (χ0v) is 25.7. The number of amides is 2. The lowest BCUT2D eigenvalue weighted by molar-refractivity contribution is -0.212. The highest BCUT2D eigenvalue weighted by Gasteiger charge is 2.78. The van der Waals surface area contributed by atoms with Crippen LogP contribution < -0.4 is 9.42 Å². The second kappa shape index (κ2) is 8.07. The van der Waals surface area contributed by atoms with Gasteiger partial charge in [-0.2, -0.15) is 0 Å². The van der Waals surface area contributed by atoms with Gasteiger partial charge in [0, 0.05) is 65.9 Å². The quantitative estimate of drug-likeness (QED) is 0.240. The molecule has 1 spiro atoms. The Morgan fingerprint density at radius 2 is 1.75 bits per heavy atom. The maximum atomic E-state index is 14.2. The molecule has 10 rings (SSSR count). The summed E-state index contributed by atoms with van der Waals surface area (Å²) in [6.45, 7) is 4.82. The van der Waals surface area contributed by atoms with Crippen LogP contribution in [0.2, 0.25) is 0 Å². The van der Waals surface area contributed by atoms with Crippen LogP contribution in [0.3, 0.4) is 0 Å². The van der Waals surface area contributed by atoms with Crippen LogP contribution in [0.4, 0.5) is 5.69 Å². The van der Waals surface area contributed by atoms with Crippen LogP contribution in [-0.2, 0) is 19.6 Å². The zero-order valence-electron chi connectivity index (χ0n) is 24.1. The van der Waals surface area contributed by atoms with Crippen molar-refractivity contribution in [1.82, 2.24) is 14.9 Å². The number of hydrogen-bond acceptors (Lipinski definition) is 5. The van der Waals surface area contributed by atoms with Crippen molar-refractivity contribution in [1.29, 1.82) is 0 Å². The lowest BCUT2D eigenvalue weighted by atomic mass is 9.34. The van der Waals surface area contributed by atoms with Crippen LogP contribution in [0, 0.1) is 30.6 Å². The minimum Gasteiger partial charge on any atom is -0.402 e. The molecule has 5 fully saturated rings. The number of ketones is 1. The minimum atomic E-state index is -4.88. The van der Waals surface area contributed by atoms with Gasteiger partial charge in [0.1, 0.15) is 0 Å². The highest BCUT2D eigenvalue weighted by Crippen LogP contribution is 2.76. The number of hydrogen-bond donors (Lipinski definition) is 4. The van der Waals surface area contributed by atoms with Crippen LogP contribution in [0.15, 0.2) is 30.2 Å². The highest BCUT2D eigenvalue weighted by atomic mass is 35.5. The predicted molar refractivity (Wildman–Crippen MR) is 160 cm³/mol. The predicted octanol–water partition coefficient (Wildman–Crippen LogP) is 4.30. The van der Waals surface area contributed by atoms with Gasteiger partial charge in [-0.1, -0.05) is 0 Å². The van der Waals surface area contributed by atoms with Crippen LogP contribution in [-0.4, -0.2) is 61.2 Å². The van der Waals surface area contributed by atoms with Crippen molar-refractivity contribution in [2.24, 2.45) is 16.7 Å². The summed E-state index contributed by atoms with van der Waals surface area (Å²) in [6.07, 6.45) is 7.52. The van der Waals surface area contributed by atoms with Gasteiger partial charge < -0.3 is 24.3 Å². The number of nitrogens with zero attached hydrogens (tertiary/aromatic N) is 2. The fraction of sp³-hybridized carbons (Fsp3) is 0.452. The molecule has 3 atom stereocenters. The summed E-state index contributed by atoms with van der Waals surface area (Å²) in [5.74, 6) is 0.166. The van der Waals surface area contributed by atoms with Gasteiger partial charge in [0.05, 0.1) is 27.7 Å². The number of allylic oxidation sites excluding steroid dienone is 2. The Morgan fingerprint density at radius 1 is 1.07 bits per heavy atom. The van der Waals surface area contributed by atoms with E-state index in [9.17, 15) is 28.7 Å². The molecule has 2 aromatic heterocycles. The monoisotopic (exact) mass is 636 g/mol. The van der Waals surface area contributed by atoms with Crippen molar-refractivity contribution in [2.75, 3.05) is 23.9 Å². The third-order valence-electron chi connectivity index (χ3n) is 11.4. The number of phosphoric acid groups is 1. The Labute approximate surface area is 256 Å². The SMILES string of the molecule is Cc1c[nH]c2c1C13CC1CN(C(=O)C14CC(C(=O)N5CC(CCl)c6c5cc(OP(=O)(O)O)c5[nH]cc(C)c65)(C1)C4)C3=CC2=O. The Hall–Kier alpha value is -3.37. The Kier molecular flexibility index (Phi) is 4.95. The van der Waals surface area contributed by atoms with E-state index in [0.29, 0.717) is 55.2 Å². The molecule has 3 unspecified atom stereocenters. The lowest BCUT2D eigenvalue weighted by Crippen LogP contribution is -2.72. The Balaban J connectivity index is 1.00. The molecule has 2 amide bonds. The number of aromatic nitrogens is 2. The topological polar surface area (TPSA) is 156 Å². The summed E-state index contributed by atoms with van der Waals surface area (Å²) < 4.78 is 16.9. The smallest absolute Gasteiger partial charge is 0.402 e. The molecule has 13 heteroatoms. The molecule has 4 saturated carbocycles. The van der Waals surface area contributed by atoms with E-state index in [1.54, 1.807) is 17.2 Å². The summed E-state index contributed by atoms with van der Waals surface area (Å²) in [7, 11) is -4.88. The van der Waals surface area contributed by atoms with Gasteiger partial charge >= 0.3 is 7.82 Å². The number of nitrogens with one attached hydrogen (secondary N) is 2. The van der Waals surface area contributed by atoms with Gasteiger partial charge in [-0.25, -0.2) is 4.57 Å². The fourth-order valence-electron chi connectivity index (χ4n) is 9.59. The number of phosphoric ester groups is 1. The van der Waals surface area contributed by atoms with E-state index in [2.05, 4.69) is 9.97 Å². The lowest BCUT2D eigenvalue weighted by Gasteiger charge is -2.69. The number of anilines is 1. The largest absolute Gasteiger partial charge is 0.524 e. The van der Waals surface area contributed by atoms with Crippen molar-refractivity contribution in [3.8, 4) is 5.75 Å². The number of carbonyl (C=O) groups is 3. The first-order valence-electron chi connectivity index (χ1n) is 14.9. The number of likely N-dealkylation sites (tertiary alicyclic amines) is 1. The van der Waals surface area contributed by atoms with Crippen LogP contribution in [0.25, 0.3) is 10.9 Å². The maximum absolute atomic E-state index is 14.2. The number of piperidine rings is 1. The number of carbonyl (C=O) groups excluding carboxylic acids is 3. The number of benzene rings is 1. The third-order valence-corrected chi connectivity index (χ3v) is 12.2. The zero-order chi connectivity index (χ0) is 30.7. The average Bonchev–Trinajstić information content (AvgIpc) is 3.29. The van der Waals surface area contributed by atoms with Crippen molar-refractivity contribution < 1.29 is 33.3 Å². The van der Waals surface area contributed by atoms with Gasteiger partial charge in [-0.15, -0.1) is 11.6 Å². The van der Waals surface area contributed by atoms with E-state index < -0.39 is 18.7 Å². The molecule has 228 valence electrons. The number of rotatable bonds is 5. The Morgan fingerprint density at radius 3 is 2.43 bits per heavy atom. The van der Waals surface area contributed by atoms with E-state index in [1.165, 1.54) is 6.07 Å². The van der Waals surface area contributed by atoms with E-state index in [4.69, 9.17) is 16.1 Å². The number of alkyl halides is 1. The number of H-pyrrole nitrogens is 2. The minimum absolute atomic E-state index is 0.0110. The van der Waals surface area contributed by atoms with Crippen molar-refractivity contribution in [3.05, 3.63) is 58.2 Å². The third kappa shape index (κ3) is 3.11. The van der Waals surface area contributed by atoms with Gasteiger partial charge in [0.15, 0.2) is 5.75 Å². The molecule has 5 aliphatic carbocycles. The normalized spacial score (nSPS) is 32.4. The van der Waals surface area contributed by atoms with E-state index in [0.717, 1.165) is 39.8 Å². The number of fused-ring (bicyclic) bond motifs is 4. The Bertz CT molecular complexity index is 1970. The van der Waals surface area contributed by atoms with E-state index in [-0.39, 0.29) is 40.6 Å². The molecule has 7 aliphatic rings. The highest BCUT2D eigenvalue weighted by molar-refractivity contribution is 7.46. The van der Waals surface area contributed by atoms with Crippen LogP contribution >= 0.6 is 19.4 Å². The van der Waals surface area contributed by atoms with E-state index >= 15 is 0 Å². The summed E-state index contributed by atoms with van der Waals surface area (Å²) >= 11 is 6.41.